The van der Waals surface area contributed by atoms with Crippen LogP contribution in [0, 0.1) is 11.8 Å². The second-order valence-electron chi connectivity index (χ2n) is 6.16. The van der Waals surface area contributed by atoms with Gasteiger partial charge in [0.1, 0.15) is 10.8 Å². The monoisotopic (exact) mass is 302 g/mol. The van der Waals surface area contributed by atoms with Crippen LogP contribution in [0.5, 0.6) is 0 Å². The van der Waals surface area contributed by atoms with Gasteiger partial charge < -0.3 is 11.1 Å². The number of nitrogens with one attached hydrogen (secondary N) is 1. The molecule has 3 N–H and O–H groups in total. The van der Waals surface area contributed by atoms with E-state index in [-0.39, 0.29) is 0 Å². The molecule has 2 aromatic rings. The van der Waals surface area contributed by atoms with E-state index < -0.39 is 0 Å². The van der Waals surface area contributed by atoms with Crippen LogP contribution >= 0.6 is 11.5 Å². The highest BCUT2D eigenvalue weighted by Gasteiger charge is 2.27. The number of nitrogen functional groups attached to an aromatic ring is 1. The Hall–Kier alpha value is -1.62. The molecule has 2 heterocycles. The predicted octanol–water partition coefficient (Wildman–Crippen LogP) is 4.02. The molecule has 0 amide bonds. The molecule has 0 radical (unpaired) electrons. The van der Waals surface area contributed by atoms with Crippen LogP contribution in [0.1, 0.15) is 33.1 Å². The van der Waals surface area contributed by atoms with Crippen molar-refractivity contribution in [3.05, 3.63) is 24.5 Å². The van der Waals surface area contributed by atoms with E-state index in [2.05, 4.69) is 28.5 Å². The van der Waals surface area contributed by atoms with E-state index in [0.29, 0.717) is 17.8 Å². The van der Waals surface area contributed by atoms with Crippen molar-refractivity contribution in [3.8, 4) is 11.1 Å². The molecular formula is C16H22N4S. The van der Waals surface area contributed by atoms with Crippen LogP contribution in [0.2, 0.25) is 0 Å². The van der Waals surface area contributed by atoms with Crippen molar-refractivity contribution in [3.63, 3.8) is 0 Å². The van der Waals surface area contributed by atoms with Gasteiger partial charge in [-0.15, -0.1) is 0 Å². The zero-order chi connectivity index (χ0) is 14.8. The van der Waals surface area contributed by atoms with Crippen LogP contribution in [-0.2, 0) is 0 Å². The number of pyridine rings is 1. The number of nitrogens with zero attached hydrogens (tertiary/aromatic N) is 2. The molecule has 1 aliphatic rings. The second-order valence-corrected chi connectivity index (χ2v) is 6.93. The van der Waals surface area contributed by atoms with Gasteiger partial charge in [0.15, 0.2) is 0 Å². The van der Waals surface area contributed by atoms with E-state index in [1.807, 2.05) is 18.3 Å². The molecule has 0 aliphatic heterocycles. The first-order chi connectivity index (χ1) is 10.1. The molecular weight excluding hydrogens is 280 g/mol. The number of aromatic nitrogens is 2. The summed E-state index contributed by atoms with van der Waals surface area (Å²) in [6.45, 7) is 4.68. The smallest absolute Gasteiger partial charge is 0.147 e. The maximum Gasteiger partial charge on any atom is 0.147 e. The molecule has 112 valence electrons. The minimum Gasteiger partial charge on any atom is -0.382 e. The fourth-order valence-electron chi connectivity index (χ4n) is 3.24. The minimum atomic E-state index is 0.511. The number of anilines is 2. The van der Waals surface area contributed by atoms with Crippen LogP contribution < -0.4 is 11.1 Å². The van der Waals surface area contributed by atoms with Crippen LogP contribution in [0.4, 0.5) is 10.8 Å². The molecule has 5 heteroatoms. The third-order valence-corrected chi connectivity index (χ3v) is 5.21. The lowest BCUT2D eigenvalue weighted by Crippen LogP contribution is -2.32. The molecule has 2 aromatic heterocycles. The SMILES string of the molecule is CC1CCC(Nc2snc(N)c2-c2cccnc2)C(C)C1. The van der Waals surface area contributed by atoms with Gasteiger partial charge in [-0.25, -0.2) is 0 Å². The topological polar surface area (TPSA) is 63.8 Å². The Morgan fingerprint density at radius 3 is 2.90 bits per heavy atom. The summed E-state index contributed by atoms with van der Waals surface area (Å²) in [6, 6.07) is 4.47. The van der Waals surface area contributed by atoms with Gasteiger partial charge in [-0.1, -0.05) is 19.9 Å². The summed E-state index contributed by atoms with van der Waals surface area (Å²) in [4.78, 5) is 4.19. The Kier molecular flexibility index (Phi) is 4.10. The van der Waals surface area contributed by atoms with Gasteiger partial charge in [-0.2, -0.15) is 4.37 Å². The lowest BCUT2D eigenvalue weighted by atomic mass is 9.80. The first kappa shape index (κ1) is 14.3. The summed E-state index contributed by atoms with van der Waals surface area (Å²) < 4.78 is 4.33. The molecule has 3 atom stereocenters. The number of hydrogen-bond acceptors (Lipinski definition) is 5. The van der Waals surface area contributed by atoms with Crippen LogP contribution in [0.25, 0.3) is 11.1 Å². The first-order valence-corrected chi connectivity index (χ1v) is 8.34. The predicted molar refractivity (Wildman–Crippen MR) is 89.3 cm³/mol. The van der Waals surface area contributed by atoms with Gasteiger partial charge in [-0.3, -0.25) is 4.98 Å². The van der Waals surface area contributed by atoms with Gasteiger partial charge in [-0.05, 0) is 48.7 Å². The summed E-state index contributed by atoms with van der Waals surface area (Å²) in [5, 5.41) is 4.76. The second kappa shape index (κ2) is 6.02. The summed E-state index contributed by atoms with van der Waals surface area (Å²) in [5.74, 6) is 2.11. The maximum absolute atomic E-state index is 6.07. The normalized spacial score (nSPS) is 25.7. The van der Waals surface area contributed by atoms with Crippen molar-refractivity contribution in [1.82, 2.24) is 9.36 Å². The van der Waals surface area contributed by atoms with E-state index in [1.54, 1.807) is 6.20 Å². The third-order valence-electron chi connectivity index (χ3n) is 4.42. The van der Waals surface area contributed by atoms with E-state index in [0.717, 1.165) is 22.0 Å². The summed E-state index contributed by atoms with van der Waals surface area (Å²) >= 11 is 1.45. The Morgan fingerprint density at radius 1 is 1.33 bits per heavy atom. The van der Waals surface area contributed by atoms with Crippen LogP contribution in [0.15, 0.2) is 24.5 Å². The molecule has 1 aliphatic carbocycles. The van der Waals surface area contributed by atoms with E-state index >= 15 is 0 Å². The van der Waals surface area contributed by atoms with Gasteiger partial charge in [0.25, 0.3) is 0 Å². The van der Waals surface area contributed by atoms with Crippen molar-refractivity contribution >= 4 is 22.4 Å². The Labute approximate surface area is 130 Å². The molecule has 1 fully saturated rings. The minimum absolute atomic E-state index is 0.511. The molecule has 0 spiro atoms. The average molecular weight is 302 g/mol. The van der Waals surface area contributed by atoms with Crippen molar-refractivity contribution in [2.75, 3.05) is 11.1 Å². The Balaban J connectivity index is 1.84. The number of hydrogen-bond donors (Lipinski definition) is 2. The van der Waals surface area contributed by atoms with E-state index in [9.17, 15) is 0 Å². The van der Waals surface area contributed by atoms with Crippen molar-refractivity contribution in [2.24, 2.45) is 11.8 Å². The van der Waals surface area contributed by atoms with Gasteiger partial charge in [0.2, 0.25) is 0 Å². The van der Waals surface area contributed by atoms with E-state index in [1.165, 1.54) is 30.8 Å². The Bertz CT molecular complexity index is 596. The molecule has 21 heavy (non-hydrogen) atoms. The van der Waals surface area contributed by atoms with Gasteiger partial charge >= 0.3 is 0 Å². The molecule has 0 saturated heterocycles. The molecule has 3 rings (SSSR count). The summed E-state index contributed by atoms with van der Waals surface area (Å²) in [5.41, 5.74) is 8.10. The third kappa shape index (κ3) is 3.02. The van der Waals surface area contributed by atoms with Gasteiger partial charge in [0.05, 0.1) is 5.56 Å². The maximum atomic E-state index is 6.07. The fraction of sp³-hybridized carbons (Fsp3) is 0.500. The molecule has 0 bridgehead atoms. The first-order valence-electron chi connectivity index (χ1n) is 7.57. The molecule has 3 unspecified atom stereocenters. The highest BCUT2D eigenvalue weighted by molar-refractivity contribution is 7.11. The zero-order valence-electron chi connectivity index (χ0n) is 12.5. The molecule has 4 nitrogen and oxygen atoms in total. The Morgan fingerprint density at radius 2 is 2.19 bits per heavy atom. The summed E-state index contributed by atoms with van der Waals surface area (Å²) in [7, 11) is 0. The quantitative estimate of drug-likeness (QED) is 0.898. The molecule has 0 aromatic carbocycles. The van der Waals surface area contributed by atoms with Crippen molar-refractivity contribution in [1.29, 1.82) is 0 Å². The highest BCUT2D eigenvalue weighted by atomic mass is 32.1. The zero-order valence-corrected chi connectivity index (χ0v) is 13.4. The standard InChI is InChI=1S/C16H22N4S/c1-10-5-6-13(11(2)8-10)19-16-14(15(17)20-21-16)12-4-3-7-18-9-12/h3-4,7,9-11,13,19H,5-6,8H2,1-2H3,(H2,17,20). The van der Waals surface area contributed by atoms with Crippen LogP contribution in [-0.4, -0.2) is 15.4 Å². The lowest BCUT2D eigenvalue weighted by molar-refractivity contribution is 0.277. The van der Waals surface area contributed by atoms with Gasteiger partial charge in [0, 0.05) is 24.0 Å². The van der Waals surface area contributed by atoms with Crippen molar-refractivity contribution in [2.45, 2.75) is 39.2 Å². The molecule has 1 saturated carbocycles. The lowest BCUT2D eigenvalue weighted by Gasteiger charge is -2.33. The summed E-state index contributed by atoms with van der Waals surface area (Å²) in [6.07, 6.45) is 7.41. The number of nitrogens with two attached hydrogens (primary N) is 1. The highest BCUT2D eigenvalue weighted by Crippen LogP contribution is 2.39. The number of rotatable bonds is 3. The largest absolute Gasteiger partial charge is 0.382 e. The van der Waals surface area contributed by atoms with E-state index in [4.69, 9.17) is 5.73 Å². The fourth-order valence-corrected chi connectivity index (χ4v) is 4.04. The van der Waals surface area contributed by atoms with Crippen LogP contribution in [0.3, 0.4) is 0 Å². The van der Waals surface area contributed by atoms with Crippen molar-refractivity contribution < 1.29 is 0 Å². The average Bonchev–Trinajstić information content (AvgIpc) is 2.84.